The van der Waals surface area contributed by atoms with Crippen LogP contribution in [0.3, 0.4) is 0 Å². The number of ether oxygens (including phenoxy) is 2. The van der Waals surface area contributed by atoms with Gasteiger partial charge in [0.2, 0.25) is 10.9 Å². The number of furan rings is 1. The van der Waals surface area contributed by atoms with Gasteiger partial charge in [0.05, 0.1) is 19.8 Å². The molecule has 2 heterocycles. The zero-order valence-electron chi connectivity index (χ0n) is 15.2. The second-order valence-corrected chi connectivity index (χ2v) is 7.27. The molecule has 0 saturated heterocycles. The number of fused-ring (bicyclic) bond motifs is 1. The summed E-state index contributed by atoms with van der Waals surface area (Å²) in [4.78, 5) is 12.8. The molecule has 0 fully saturated rings. The zero-order valence-corrected chi connectivity index (χ0v) is 16.0. The van der Waals surface area contributed by atoms with Crippen molar-refractivity contribution in [2.24, 2.45) is 0 Å². The van der Waals surface area contributed by atoms with Crippen molar-refractivity contribution < 1.29 is 18.7 Å². The van der Waals surface area contributed by atoms with Crippen LogP contribution in [0, 0.1) is 6.92 Å². The van der Waals surface area contributed by atoms with Gasteiger partial charge in [-0.3, -0.25) is 4.79 Å². The molecule has 1 aromatic carbocycles. The van der Waals surface area contributed by atoms with Gasteiger partial charge in [0.1, 0.15) is 5.01 Å². The first-order valence-electron chi connectivity index (χ1n) is 7.84. The van der Waals surface area contributed by atoms with Crippen molar-refractivity contribution in [1.29, 1.82) is 0 Å². The molecule has 0 radical (unpaired) electrons. The van der Waals surface area contributed by atoms with Crippen LogP contribution in [0.2, 0.25) is 0 Å². The first kappa shape index (κ1) is 18.0. The van der Waals surface area contributed by atoms with Gasteiger partial charge in [-0.15, -0.1) is 10.2 Å². The summed E-state index contributed by atoms with van der Waals surface area (Å²) in [7, 11) is 3.07. The fourth-order valence-corrected chi connectivity index (χ4v) is 3.36. The minimum Gasteiger partial charge on any atom is -0.493 e. The number of nitrogen functional groups attached to an aromatic ring is 1. The van der Waals surface area contributed by atoms with Crippen LogP contribution >= 0.6 is 11.3 Å². The van der Waals surface area contributed by atoms with E-state index >= 15 is 0 Å². The molecule has 0 aliphatic rings. The largest absolute Gasteiger partial charge is 0.493 e. The van der Waals surface area contributed by atoms with Crippen LogP contribution < -0.4 is 20.5 Å². The maximum Gasteiger partial charge on any atom is 0.288 e. The van der Waals surface area contributed by atoms with Gasteiger partial charge in [0.15, 0.2) is 17.1 Å². The van der Waals surface area contributed by atoms with Crippen molar-refractivity contribution in [3.8, 4) is 11.5 Å². The summed E-state index contributed by atoms with van der Waals surface area (Å²) in [5.41, 5.74) is 6.07. The van der Waals surface area contributed by atoms with Gasteiger partial charge in [-0.25, -0.2) is 0 Å². The number of aryl methyl sites for hydroxylation is 1. The van der Waals surface area contributed by atoms with Gasteiger partial charge in [-0.05, 0) is 32.9 Å². The van der Waals surface area contributed by atoms with Crippen molar-refractivity contribution in [1.82, 2.24) is 15.5 Å². The van der Waals surface area contributed by atoms with Crippen LogP contribution in [-0.4, -0.2) is 30.3 Å². The molecule has 0 aliphatic carbocycles. The molecule has 0 aliphatic heterocycles. The topological polar surface area (TPSA) is 112 Å². The van der Waals surface area contributed by atoms with E-state index in [0.717, 1.165) is 5.39 Å². The fraction of sp³-hybridized carbons (Fsp3) is 0.353. The Morgan fingerprint density at radius 1 is 1.27 bits per heavy atom. The summed E-state index contributed by atoms with van der Waals surface area (Å²) in [6, 6.07) is 3.61. The Hall–Kier alpha value is -2.81. The second kappa shape index (κ2) is 6.49. The van der Waals surface area contributed by atoms with Crippen LogP contribution in [0.5, 0.6) is 11.5 Å². The van der Waals surface area contributed by atoms with Crippen LogP contribution in [0.25, 0.3) is 11.0 Å². The number of rotatable bonds is 5. The lowest BCUT2D eigenvalue weighted by atomic mass is 10.1. The number of methoxy groups -OCH3 is 2. The Morgan fingerprint density at radius 2 is 2.00 bits per heavy atom. The number of aromatic nitrogens is 2. The SMILES string of the molecule is COc1ccc2c(C)c(C(=O)NC(C)(C)c3nnc(N)s3)oc2c1OC. The zero-order chi connectivity index (χ0) is 19.1. The summed E-state index contributed by atoms with van der Waals surface area (Å²) in [6.45, 7) is 5.47. The third-order valence-corrected chi connectivity index (χ3v) is 5.13. The van der Waals surface area contributed by atoms with Crippen LogP contribution in [0.15, 0.2) is 16.5 Å². The van der Waals surface area contributed by atoms with Crippen LogP contribution in [0.1, 0.15) is 35.0 Å². The van der Waals surface area contributed by atoms with E-state index in [-0.39, 0.29) is 11.7 Å². The number of nitrogens with zero attached hydrogens (tertiary/aromatic N) is 2. The first-order valence-corrected chi connectivity index (χ1v) is 8.66. The van der Waals surface area contributed by atoms with E-state index in [9.17, 15) is 4.79 Å². The number of carbonyl (C=O) groups excluding carboxylic acids is 1. The number of hydrogen-bond donors (Lipinski definition) is 2. The molecule has 3 N–H and O–H groups in total. The Labute approximate surface area is 154 Å². The molecule has 3 aromatic rings. The average molecular weight is 376 g/mol. The molecule has 0 spiro atoms. The number of amides is 1. The number of carbonyl (C=O) groups is 1. The van der Waals surface area contributed by atoms with E-state index < -0.39 is 5.54 Å². The number of nitrogens with two attached hydrogens (primary N) is 1. The maximum absolute atomic E-state index is 12.8. The maximum atomic E-state index is 12.8. The molecule has 0 bridgehead atoms. The van der Waals surface area contributed by atoms with Crippen LogP contribution in [-0.2, 0) is 5.54 Å². The normalized spacial score (nSPS) is 11.6. The number of hydrogen-bond acceptors (Lipinski definition) is 8. The highest BCUT2D eigenvalue weighted by atomic mass is 32.1. The third-order valence-electron chi connectivity index (χ3n) is 4.06. The quantitative estimate of drug-likeness (QED) is 0.704. The highest BCUT2D eigenvalue weighted by molar-refractivity contribution is 7.15. The Bertz CT molecular complexity index is 977. The molecule has 2 aromatic heterocycles. The number of nitrogens with one attached hydrogen (secondary N) is 1. The smallest absolute Gasteiger partial charge is 0.288 e. The molecule has 0 atom stereocenters. The fourth-order valence-electron chi connectivity index (χ4n) is 2.69. The number of benzene rings is 1. The van der Waals surface area contributed by atoms with Gasteiger partial charge in [0.25, 0.3) is 5.91 Å². The van der Waals surface area contributed by atoms with E-state index in [1.54, 1.807) is 13.2 Å². The molecule has 0 saturated carbocycles. The lowest BCUT2D eigenvalue weighted by Crippen LogP contribution is -2.41. The monoisotopic (exact) mass is 376 g/mol. The molecular weight excluding hydrogens is 356 g/mol. The predicted octanol–water partition coefficient (Wildman–Crippen LogP) is 2.86. The third kappa shape index (κ3) is 2.94. The average Bonchev–Trinajstić information content (AvgIpc) is 3.18. The molecule has 9 heteroatoms. The van der Waals surface area contributed by atoms with E-state index in [1.165, 1.54) is 18.4 Å². The van der Waals surface area contributed by atoms with E-state index in [2.05, 4.69) is 15.5 Å². The van der Waals surface area contributed by atoms with E-state index in [0.29, 0.717) is 32.8 Å². The van der Waals surface area contributed by atoms with E-state index in [4.69, 9.17) is 19.6 Å². The van der Waals surface area contributed by atoms with Crippen LogP contribution in [0.4, 0.5) is 5.13 Å². The summed E-state index contributed by atoms with van der Waals surface area (Å²) in [5, 5.41) is 12.5. The predicted molar refractivity (Wildman–Crippen MR) is 98.9 cm³/mol. The molecule has 8 nitrogen and oxygen atoms in total. The standard InChI is InChI=1S/C17H20N4O4S/c1-8-9-6-7-10(23-4)13(24-5)12(9)25-11(8)14(22)19-17(2,3)15-20-21-16(18)26-15/h6-7H,1-5H3,(H2,18,21)(H,19,22). The van der Waals surface area contributed by atoms with Gasteiger partial charge in [-0.2, -0.15) is 0 Å². The highest BCUT2D eigenvalue weighted by Crippen LogP contribution is 2.39. The van der Waals surface area contributed by atoms with Gasteiger partial charge >= 0.3 is 0 Å². The Morgan fingerprint density at radius 3 is 2.58 bits per heavy atom. The minimum atomic E-state index is -0.750. The van der Waals surface area contributed by atoms with Crippen molar-refractivity contribution in [3.05, 3.63) is 28.5 Å². The molecule has 0 unspecified atom stereocenters. The molecular formula is C17H20N4O4S. The van der Waals surface area contributed by atoms with E-state index in [1.807, 2.05) is 26.8 Å². The van der Waals surface area contributed by atoms with Gasteiger partial charge in [0, 0.05) is 10.9 Å². The van der Waals surface area contributed by atoms with Crippen molar-refractivity contribution in [2.45, 2.75) is 26.3 Å². The van der Waals surface area contributed by atoms with Crippen molar-refractivity contribution in [3.63, 3.8) is 0 Å². The lowest BCUT2D eigenvalue weighted by molar-refractivity contribution is 0.0884. The number of anilines is 1. The Balaban J connectivity index is 1.99. The lowest BCUT2D eigenvalue weighted by Gasteiger charge is -2.22. The summed E-state index contributed by atoms with van der Waals surface area (Å²) in [6.07, 6.45) is 0. The van der Waals surface area contributed by atoms with Crippen molar-refractivity contribution >= 4 is 33.3 Å². The molecule has 26 heavy (non-hydrogen) atoms. The van der Waals surface area contributed by atoms with Gasteiger partial charge < -0.3 is 24.9 Å². The highest BCUT2D eigenvalue weighted by Gasteiger charge is 2.30. The molecule has 1 amide bonds. The summed E-state index contributed by atoms with van der Waals surface area (Å²) < 4.78 is 16.5. The first-order chi connectivity index (χ1) is 12.3. The van der Waals surface area contributed by atoms with Crippen molar-refractivity contribution in [2.75, 3.05) is 20.0 Å². The molecule has 138 valence electrons. The summed E-state index contributed by atoms with van der Waals surface area (Å²) >= 11 is 1.23. The van der Waals surface area contributed by atoms with Gasteiger partial charge in [-0.1, -0.05) is 11.3 Å². The summed E-state index contributed by atoms with van der Waals surface area (Å²) in [5.74, 6) is 0.823. The molecule has 3 rings (SSSR count). The second-order valence-electron chi connectivity index (χ2n) is 6.26. The Kier molecular flexibility index (Phi) is 4.49. The minimum absolute atomic E-state index is 0.206.